The van der Waals surface area contributed by atoms with Gasteiger partial charge in [-0.3, -0.25) is 0 Å². The predicted molar refractivity (Wildman–Crippen MR) is 83.9 cm³/mol. The van der Waals surface area contributed by atoms with Crippen LogP contribution in [0.3, 0.4) is 0 Å². The summed E-state index contributed by atoms with van der Waals surface area (Å²) in [6, 6.07) is 9.33. The van der Waals surface area contributed by atoms with E-state index < -0.39 is 0 Å². The number of nitrogens with zero attached hydrogens (tertiary/aromatic N) is 2. The van der Waals surface area contributed by atoms with Crippen molar-refractivity contribution in [3.63, 3.8) is 0 Å². The quantitative estimate of drug-likeness (QED) is 0.825. The summed E-state index contributed by atoms with van der Waals surface area (Å²) in [5.74, 6) is 1.72. The lowest BCUT2D eigenvalue weighted by molar-refractivity contribution is 0.207. The van der Waals surface area contributed by atoms with Gasteiger partial charge in [-0.05, 0) is 49.4 Å². The molecule has 0 saturated heterocycles. The van der Waals surface area contributed by atoms with Crippen molar-refractivity contribution in [1.82, 2.24) is 9.97 Å². The first kappa shape index (κ1) is 15.4. The number of anilines is 1. The molecule has 0 aliphatic carbocycles. The zero-order valence-electron chi connectivity index (χ0n) is 12.4. The second-order valence-corrected chi connectivity index (χ2v) is 5.57. The fourth-order valence-corrected chi connectivity index (χ4v) is 2.34. The Bertz CT molecular complexity index is 590. The first-order valence-corrected chi connectivity index (χ1v) is 7.55. The first-order valence-electron chi connectivity index (χ1n) is 6.73. The van der Waals surface area contributed by atoms with Crippen LogP contribution >= 0.6 is 11.8 Å². The lowest BCUT2D eigenvalue weighted by Crippen LogP contribution is -2.11. The second kappa shape index (κ2) is 7.17. The molecule has 0 aliphatic rings. The molecule has 1 aromatic carbocycles. The van der Waals surface area contributed by atoms with Crippen LogP contribution in [-0.2, 0) is 0 Å². The summed E-state index contributed by atoms with van der Waals surface area (Å²) in [7, 11) is 1.64. The Morgan fingerprint density at radius 1 is 1.24 bits per heavy atom. The molecule has 1 aromatic heterocycles. The van der Waals surface area contributed by atoms with Crippen LogP contribution in [0.25, 0.3) is 0 Å². The Hall–Kier alpha value is -1.95. The minimum absolute atomic E-state index is 0.0955. The number of ether oxygens (including phenoxy) is 2. The minimum Gasteiger partial charge on any atom is -0.497 e. The molecule has 21 heavy (non-hydrogen) atoms. The van der Waals surface area contributed by atoms with Gasteiger partial charge in [-0.1, -0.05) is 6.92 Å². The largest absolute Gasteiger partial charge is 0.497 e. The van der Waals surface area contributed by atoms with E-state index in [0.29, 0.717) is 16.9 Å². The molecule has 112 valence electrons. The molecule has 0 bridgehead atoms. The predicted octanol–water partition coefficient (Wildman–Crippen LogP) is 3.40. The molecule has 2 aromatic rings. The summed E-state index contributed by atoms with van der Waals surface area (Å²) in [4.78, 5) is 9.61. The van der Waals surface area contributed by atoms with E-state index in [1.165, 1.54) is 11.8 Å². The van der Waals surface area contributed by atoms with E-state index in [1.54, 1.807) is 13.2 Å². The second-order valence-electron chi connectivity index (χ2n) is 4.53. The van der Waals surface area contributed by atoms with E-state index in [-0.39, 0.29) is 6.10 Å². The molecule has 0 radical (unpaired) electrons. The molecule has 5 nitrogen and oxygen atoms in total. The third kappa shape index (κ3) is 4.53. The Balaban J connectivity index is 2.14. The number of hydrogen-bond donors (Lipinski definition) is 1. The molecular formula is C15H19N3O2S. The lowest BCUT2D eigenvalue weighted by atomic mass is 10.3. The van der Waals surface area contributed by atoms with Gasteiger partial charge in [0.2, 0.25) is 5.88 Å². The fourth-order valence-electron chi connectivity index (χ4n) is 1.57. The number of aromatic nitrogens is 2. The zero-order valence-corrected chi connectivity index (χ0v) is 13.2. The summed E-state index contributed by atoms with van der Waals surface area (Å²) in [5.41, 5.74) is 5.81. The topological polar surface area (TPSA) is 70.3 Å². The van der Waals surface area contributed by atoms with Gasteiger partial charge < -0.3 is 15.2 Å². The maximum atomic E-state index is 5.81. The van der Waals surface area contributed by atoms with Gasteiger partial charge in [0, 0.05) is 11.0 Å². The van der Waals surface area contributed by atoms with E-state index in [9.17, 15) is 0 Å². The van der Waals surface area contributed by atoms with E-state index in [1.807, 2.05) is 31.2 Å². The van der Waals surface area contributed by atoms with E-state index in [4.69, 9.17) is 15.2 Å². The van der Waals surface area contributed by atoms with Crippen LogP contribution < -0.4 is 15.2 Å². The molecule has 6 heteroatoms. The van der Waals surface area contributed by atoms with Gasteiger partial charge in [-0.25, -0.2) is 4.98 Å². The molecule has 0 amide bonds. The van der Waals surface area contributed by atoms with Crippen molar-refractivity contribution in [3.8, 4) is 11.6 Å². The zero-order chi connectivity index (χ0) is 15.2. The summed E-state index contributed by atoms with van der Waals surface area (Å²) in [5, 5.41) is 0.568. The number of methoxy groups -OCH3 is 1. The third-order valence-electron chi connectivity index (χ3n) is 2.87. The van der Waals surface area contributed by atoms with Gasteiger partial charge >= 0.3 is 0 Å². The number of hydrogen-bond acceptors (Lipinski definition) is 6. The first-order chi connectivity index (χ1) is 10.1. The van der Waals surface area contributed by atoms with Gasteiger partial charge in [0.15, 0.2) is 5.16 Å². The maximum Gasteiger partial charge on any atom is 0.219 e. The number of nitrogens with two attached hydrogens (primary N) is 1. The van der Waals surface area contributed by atoms with Crippen LogP contribution in [0.5, 0.6) is 11.6 Å². The van der Waals surface area contributed by atoms with Crippen molar-refractivity contribution in [1.29, 1.82) is 0 Å². The van der Waals surface area contributed by atoms with Crippen LogP contribution in [0.1, 0.15) is 20.3 Å². The summed E-state index contributed by atoms with van der Waals surface area (Å²) in [6.07, 6.45) is 1.00. The van der Waals surface area contributed by atoms with Crippen LogP contribution in [0.2, 0.25) is 0 Å². The standard InChI is InChI=1S/C15H19N3O2S/c1-4-10(2)20-14-9-13(16)17-15(18-14)21-12-7-5-11(19-3)6-8-12/h5-10H,4H2,1-3H3,(H2,16,17,18). The molecule has 2 N–H and O–H groups in total. The third-order valence-corrected chi connectivity index (χ3v) is 3.74. The van der Waals surface area contributed by atoms with Gasteiger partial charge in [-0.15, -0.1) is 0 Å². The molecule has 1 atom stereocenters. The van der Waals surface area contributed by atoms with Crippen molar-refractivity contribution in [2.45, 2.75) is 36.4 Å². The number of benzene rings is 1. The number of rotatable bonds is 6. The van der Waals surface area contributed by atoms with Crippen molar-refractivity contribution in [3.05, 3.63) is 30.3 Å². The van der Waals surface area contributed by atoms with Gasteiger partial charge in [0.1, 0.15) is 11.6 Å². The molecule has 1 unspecified atom stereocenters. The average molecular weight is 305 g/mol. The average Bonchev–Trinajstić information content (AvgIpc) is 2.47. The van der Waals surface area contributed by atoms with Crippen LogP contribution in [0.4, 0.5) is 5.82 Å². The Morgan fingerprint density at radius 2 is 1.95 bits per heavy atom. The lowest BCUT2D eigenvalue weighted by Gasteiger charge is -2.12. The fraction of sp³-hybridized carbons (Fsp3) is 0.333. The smallest absolute Gasteiger partial charge is 0.219 e. The van der Waals surface area contributed by atoms with Crippen molar-refractivity contribution >= 4 is 17.6 Å². The Kier molecular flexibility index (Phi) is 5.27. The maximum absolute atomic E-state index is 5.81. The van der Waals surface area contributed by atoms with Gasteiger partial charge in [-0.2, -0.15) is 4.98 Å². The normalized spacial score (nSPS) is 12.0. The van der Waals surface area contributed by atoms with Gasteiger partial charge in [0.05, 0.1) is 13.2 Å². The molecule has 0 spiro atoms. The summed E-state index contributed by atoms with van der Waals surface area (Å²) in [6.45, 7) is 4.05. The molecule has 0 fully saturated rings. The highest BCUT2D eigenvalue weighted by Gasteiger charge is 2.08. The van der Waals surface area contributed by atoms with Crippen LogP contribution in [0, 0.1) is 0 Å². The highest BCUT2D eigenvalue weighted by Crippen LogP contribution is 2.28. The van der Waals surface area contributed by atoms with E-state index in [2.05, 4.69) is 16.9 Å². The molecule has 0 aliphatic heterocycles. The molecular weight excluding hydrogens is 286 g/mol. The van der Waals surface area contributed by atoms with Crippen molar-refractivity contribution in [2.75, 3.05) is 12.8 Å². The molecule has 1 heterocycles. The van der Waals surface area contributed by atoms with Crippen molar-refractivity contribution < 1.29 is 9.47 Å². The highest BCUT2D eigenvalue weighted by molar-refractivity contribution is 7.99. The van der Waals surface area contributed by atoms with Crippen molar-refractivity contribution in [2.24, 2.45) is 0 Å². The van der Waals surface area contributed by atoms with Crippen LogP contribution in [-0.4, -0.2) is 23.2 Å². The SMILES string of the molecule is CCC(C)Oc1cc(N)nc(Sc2ccc(OC)cc2)n1. The molecule has 0 saturated carbocycles. The number of nitrogen functional groups attached to an aromatic ring is 1. The highest BCUT2D eigenvalue weighted by atomic mass is 32.2. The van der Waals surface area contributed by atoms with E-state index in [0.717, 1.165) is 17.1 Å². The van der Waals surface area contributed by atoms with E-state index >= 15 is 0 Å². The van der Waals surface area contributed by atoms with Gasteiger partial charge in [0.25, 0.3) is 0 Å². The summed E-state index contributed by atoms with van der Waals surface area (Å²) < 4.78 is 10.8. The monoisotopic (exact) mass is 305 g/mol. The Labute approximate surface area is 128 Å². The Morgan fingerprint density at radius 3 is 2.57 bits per heavy atom. The van der Waals surface area contributed by atoms with Crippen LogP contribution in [0.15, 0.2) is 40.4 Å². The minimum atomic E-state index is 0.0955. The molecule has 2 rings (SSSR count). The summed E-state index contributed by atoms with van der Waals surface area (Å²) >= 11 is 1.43.